The lowest BCUT2D eigenvalue weighted by atomic mass is 9.84. The molecular weight excluding hydrogens is 350 g/mol. The quantitative estimate of drug-likeness (QED) is 0.572. The van der Waals surface area contributed by atoms with Gasteiger partial charge in [0.15, 0.2) is 11.5 Å². The van der Waals surface area contributed by atoms with Gasteiger partial charge in [-0.3, -0.25) is 4.90 Å². The van der Waals surface area contributed by atoms with E-state index in [1.165, 1.54) is 32.7 Å². The van der Waals surface area contributed by atoms with E-state index in [1.54, 1.807) is 21.3 Å². The second-order valence-electron chi connectivity index (χ2n) is 7.45. The molecule has 0 saturated carbocycles. The van der Waals surface area contributed by atoms with Crippen molar-refractivity contribution in [1.29, 1.82) is 0 Å². The Bertz CT molecular complexity index is 1030. The number of ether oxygens (including phenoxy) is 3. The highest BCUT2D eigenvalue weighted by molar-refractivity contribution is 6.12. The van der Waals surface area contributed by atoms with E-state index in [0.717, 1.165) is 43.2 Å². The van der Waals surface area contributed by atoms with E-state index in [2.05, 4.69) is 49.1 Å². The van der Waals surface area contributed by atoms with Crippen molar-refractivity contribution >= 4 is 21.5 Å². The lowest BCUT2D eigenvalue weighted by molar-refractivity contribution is 0.178. The first-order chi connectivity index (χ1) is 13.6. The van der Waals surface area contributed by atoms with Crippen molar-refractivity contribution in [2.75, 3.05) is 27.9 Å². The predicted molar refractivity (Wildman–Crippen MR) is 115 cm³/mol. The van der Waals surface area contributed by atoms with Gasteiger partial charge in [0.25, 0.3) is 0 Å². The Labute approximate surface area is 167 Å². The highest BCUT2D eigenvalue weighted by atomic mass is 16.5. The van der Waals surface area contributed by atoms with Crippen LogP contribution in [0.2, 0.25) is 0 Å². The van der Waals surface area contributed by atoms with Gasteiger partial charge < -0.3 is 14.2 Å². The average molecular weight is 380 g/mol. The van der Waals surface area contributed by atoms with E-state index in [1.807, 2.05) is 0 Å². The summed E-state index contributed by atoms with van der Waals surface area (Å²) >= 11 is 0. The normalized spacial score (nSPS) is 17.0. The number of likely N-dealkylation sites (N-methyl/N-ethyl adjacent to an activating group) is 1. The molecule has 0 bridgehead atoms. The minimum atomic E-state index is 0.574. The van der Waals surface area contributed by atoms with E-state index in [9.17, 15) is 0 Å². The minimum Gasteiger partial charge on any atom is -0.497 e. The van der Waals surface area contributed by atoms with Crippen LogP contribution >= 0.6 is 0 Å². The molecule has 1 unspecified atom stereocenters. The first-order valence-corrected chi connectivity index (χ1v) is 10.1. The molecule has 3 aromatic rings. The van der Waals surface area contributed by atoms with Crippen LogP contribution in [-0.2, 0) is 13.0 Å². The average Bonchev–Trinajstić information content (AvgIpc) is 2.76. The number of benzene rings is 3. The number of nitrogens with zero attached hydrogens (tertiary/aromatic N) is 1. The molecule has 1 aliphatic heterocycles. The number of fused-ring (bicyclic) bond motifs is 6. The fourth-order valence-corrected chi connectivity index (χ4v) is 4.70. The minimum absolute atomic E-state index is 0.574. The molecule has 0 amide bonds. The number of rotatable bonds is 5. The number of methoxy groups -OCH3 is 3. The molecule has 3 aromatic carbocycles. The topological polar surface area (TPSA) is 30.9 Å². The fourth-order valence-electron chi connectivity index (χ4n) is 4.70. The summed E-state index contributed by atoms with van der Waals surface area (Å²) in [6, 6.07) is 11.3. The third kappa shape index (κ3) is 2.87. The lowest BCUT2D eigenvalue weighted by Crippen LogP contribution is -2.39. The van der Waals surface area contributed by atoms with E-state index >= 15 is 0 Å². The summed E-state index contributed by atoms with van der Waals surface area (Å²) in [6.07, 6.45) is 2.22. The standard InChI is InChI=1S/C24H29NO3/c1-6-15-10-18-20-12-23(27-4)24(28-5)13-21(20)19-11-16(26-3)8-9-17(19)22(18)14-25(15)7-2/h8-9,11-13,15H,6-7,10,14H2,1-5H3. The molecule has 4 heteroatoms. The maximum absolute atomic E-state index is 5.63. The van der Waals surface area contributed by atoms with Crippen LogP contribution in [0.4, 0.5) is 0 Å². The Balaban J connectivity index is 2.11. The zero-order valence-corrected chi connectivity index (χ0v) is 17.5. The maximum Gasteiger partial charge on any atom is 0.161 e. The van der Waals surface area contributed by atoms with Crippen molar-refractivity contribution in [3.63, 3.8) is 0 Å². The Kier molecular flexibility index (Phi) is 5.07. The number of hydrogen-bond acceptors (Lipinski definition) is 4. The van der Waals surface area contributed by atoms with Gasteiger partial charge in [-0.2, -0.15) is 0 Å². The van der Waals surface area contributed by atoms with Crippen molar-refractivity contribution in [3.8, 4) is 17.2 Å². The van der Waals surface area contributed by atoms with Crippen LogP contribution in [0.15, 0.2) is 30.3 Å². The Morgan fingerprint density at radius 3 is 2.11 bits per heavy atom. The summed E-state index contributed by atoms with van der Waals surface area (Å²) in [6.45, 7) is 6.60. The van der Waals surface area contributed by atoms with Crippen molar-refractivity contribution in [2.45, 2.75) is 39.3 Å². The Hall–Kier alpha value is -2.46. The second-order valence-corrected chi connectivity index (χ2v) is 7.45. The smallest absolute Gasteiger partial charge is 0.161 e. The molecule has 0 aliphatic carbocycles. The second kappa shape index (κ2) is 7.51. The molecule has 28 heavy (non-hydrogen) atoms. The zero-order chi connectivity index (χ0) is 19.8. The first-order valence-electron chi connectivity index (χ1n) is 10.1. The molecule has 1 heterocycles. The number of hydrogen-bond donors (Lipinski definition) is 0. The van der Waals surface area contributed by atoms with Gasteiger partial charge in [-0.1, -0.05) is 19.9 Å². The highest BCUT2D eigenvalue weighted by Gasteiger charge is 2.28. The molecule has 4 nitrogen and oxygen atoms in total. The summed E-state index contributed by atoms with van der Waals surface area (Å²) in [4.78, 5) is 2.60. The van der Waals surface area contributed by atoms with Crippen molar-refractivity contribution in [3.05, 3.63) is 41.5 Å². The van der Waals surface area contributed by atoms with Gasteiger partial charge in [0.05, 0.1) is 21.3 Å². The largest absolute Gasteiger partial charge is 0.497 e. The van der Waals surface area contributed by atoms with Crippen LogP contribution in [0.5, 0.6) is 17.2 Å². The van der Waals surface area contributed by atoms with Crippen LogP contribution in [-0.4, -0.2) is 38.8 Å². The molecule has 4 rings (SSSR count). The van der Waals surface area contributed by atoms with Gasteiger partial charge in [0.1, 0.15) is 5.75 Å². The van der Waals surface area contributed by atoms with Crippen molar-refractivity contribution < 1.29 is 14.2 Å². The highest BCUT2D eigenvalue weighted by Crippen LogP contribution is 2.43. The summed E-state index contributed by atoms with van der Waals surface area (Å²) in [5.41, 5.74) is 2.88. The van der Waals surface area contributed by atoms with Gasteiger partial charge in [-0.05, 0) is 76.3 Å². The monoisotopic (exact) mass is 379 g/mol. The van der Waals surface area contributed by atoms with Gasteiger partial charge in [0, 0.05) is 12.6 Å². The van der Waals surface area contributed by atoms with E-state index in [4.69, 9.17) is 14.2 Å². The van der Waals surface area contributed by atoms with Gasteiger partial charge in [-0.15, -0.1) is 0 Å². The lowest BCUT2D eigenvalue weighted by Gasteiger charge is -2.37. The molecule has 0 spiro atoms. The fraction of sp³-hybridized carbons (Fsp3) is 0.417. The molecule has 1 atom stereocenters. The van der Waals surface area contributed by atoms with Crippen molar-refractivity contribution in [2.24, 2.45) is 0 Å². The summed E-state index contributed by atoms with van der Waals surface area (Å²) in [7, 11) is 5.11. The first kappa shape index (κ1) is 18.9. The maximum atomic E-state index is 5.63. The third-order valence-electron chi connectivity index (χ3n) is 6.25. The van der Waals surface area contributed by atoms with Crippen LogP contribution in [0.3, 0.4) is 0 Å². The third-order valence-corrected chi connectivity index (χ3v) is 6.25. The van der Waals surface area contributed by atoms with E-state index in [0.29, 0.717) is 6.04 Å². The molecule has 0 saturated heterocycles. The predicted octanol–water partition coefficient (Wildman–Crippen LogP) is 5.18. The van der Waals surface area contributed by atoms with E-state index in [-0.39, 0.29) is 0 Å². The van der Waals surface area contributed by atoms with Gasteiger partial charge in [-0.25, -0.2) is 0 Å². The Morgan fingerprint density at radius 1 is 0.821 bits per heavy atom. The summed E-state index contributed by atoms with van der Waals surface area (Å²) in [5.74, 6) is 2.42. The SMILES string of the molecule is CCC1Cc2c(c3ccc(OC)cc3c3cc(OC)c(OC)cc23)CN1CC. The summed E-state index contributed by atoms with van der Waals surface area (Å²) in [5, 5.41) is 4.98. The Morgan fingerprint density at radius 2 is 1.50 bits per heavy atom. The van der Waals surface area contributed by atoms with Gasteiger partial charge in [0.2, 0.25) is 0 Å². The van der Waals surface area contributed by atoms with Gasteiger partial charge >= 0.3 is 0 Å². The van der Waals surface area contributed by atoms with Crippen LogP contribution in [0, 0.1) is 0 Å². The van der Waals surface area contributed by atoms with Crippen LogP contribution < -0.4 is 14.2 Å². The van der Waals surface area contributed by atoms with Crippen LogP contribution in [0.1, 0.15) is 31.4 Å². The summed E-state index contributed by atoms with van der Waals surface area (Å²) < 4.78 is 16.8. The molecule has 148 valence electrons. The molecule has 0 N–H and O–H groups in total. The molecule has 0 fully saturated rings. The molecule has 0 aromatic heterocycles. The van der Waals surface area contributed by atoms with E-state index < -0.39 is 0 Å². The molecular formula is C24H29NO3. The van der Waals surface area contributed by atoms with Crippen molar-refractivity contribution in [1.82, 2.24) is 4.90 Å². The molecule has 1 aliphatic rings. The molecule has 0 radical (unpaired) electrons. The van der Waals surface area contributed by atoms with Crippen LogP contribution in [0.25, 0.3) is 21.5 Å². The zero-order valence-electron chi connectivity index (χ0n) is 17.5.